The number of fused-ring (bicyclic) bond motifs is 1. The third-order valence-electron chi connectivity index (χ3n) is 4.56. The molecule has 8 nitrogen and oxygen atoms in total. The number of hydrogen-bond acceptors (Lipinski definition) is 7. The van der Waals surface area contributed by atoms with Crippen molar-refractivity contribution < 1.29 is 23.8 Å². The van der Waals surface area contributed by atoms with Gasteiger partial charge in [0.05, 0.1) is 22.9 Å². The molecule has 1 unspecified atom stereocenters. The molecule has 0 bridgehead atoms. The third-order valence-corrected chi connectivity index (χ3v) is 5.15. The molecule has 2 aliphatic rings. The Morgan fingerprint density at radius 1 is 1.41 bits per heavy atom. The Morgan fingerprint density at radius 2 is 2.19 bits per heavy atom. The number of carbonyl (C=O) groups is 2. The minimum Gasteiger partial charge on any atom is -0.493 e. The molecule has 1 aromatic carbocycles. The summed E-state index contributed by atoms with van der Waals surface area (Å²) < 4.78 is 16.4. The van der Waals surface area contributed by atoms with Crippen molar-refractivity contribution in [1.29, 1.82) is 0 Å². The van der Waals surface area contributed by atoms with Gasteiger partial charge >= 0.3 is 11.9 Å². The molecule has 140 valence electrons. The van der Waals surface area contributed by atoms with E-state index >= 15 is 0 Å². The Hall–Kier alpha value is -2.81. The lowest BCUT2D eigenvalue weighted by molar-refractivity contribution is -0.136. The Balaban J connectivity index is 1.91. The van der Waals surface area contributed by atoms with E-state index < -0.39 is 5.97 Å². The molecule has 0 radical (unpaired) electrons. The van der Waals surface area contributed by atoms with E-state index in [4.69, 9.17) is 14.2 Å². The van der Waals surface area contributed by atoms with E-state index in [0.29, 0.717) is 27.3 Å². The van der Waals surface area contributed by atoms with E-state index in [-0.39, 0.29) is 24.2 Å². The Morgan fingerprint density at radius 3 is 2.89 bits per heavy atom. The number of aryl methyl sites for hydroxylation is 1. The fourth-order valence-electron chi connectivity index (χ4n) is 3.47. The lowest BCUT2D eigenvalue weighted by atomic mass is 9.82. The van der Waals surface area contributed by atoms with Crippen molar-refractivity contribution in [1.82, 2.24) is 10.2 Å². The van der Waals surface area contributed by atoms with Gasteiger partial charge in [0.25, 0.3) is 0 Å². The number of H-pyrrole nitrogens is 1. The summed E-state index contributed by atoms with van der Waals surface area (Å²) in [6.07, 6.45) is 0. The summed E-state index contributed by atoms with van der Waals surface area (Å²) in [6, 6.07) is 3.56. The molecular weight excluding hydrogens is 418 g/mol. The first-order chi connectivity index (χ1) is 12.9. The number of carbonyl (C=O) groups excluding carboxylic acids is 2. The van der Waals surface area contributed by atoms with Crippen LogP contribution in [0.4, 0.5) is 5.82 Å². The Bertz CT molecular complexity index is 1010. The molecule has 3 heterocycles. The van der Waals surface area contributed by atoms with Gasteiger partial charge in [-0.2, -0.15) is 5.10 Å². The van der Waals surface area contributed by atoms with Crippen LogP contribution in [0.5, 0.6) is 11.5 Å². The fraction of sp³-hybridized carbons (Fsp3) is 0.278. The van der Waals surface area contributed by atoms with Gasteiger partial charge in [0.15, 0.2) is 17.3 Å². The number of cyclic esters (lactones) is 1. The highest BCUT2D eigenvalue weighted by molar-refractivity contribution is 9.10. The molecule has 2 aromatic rings. The summed E-state index contributed by atoms with van der Waals surface area (Å²) >= 11 is 3.44. The average molecular weight is 434 g/mol. The second kappa shape index (κ2) is 6.41. The molecule has 0 aliphatic carbocycles. The van der Waals surface area contributed by atoms with E-state index in [1.54, 1.807) is 6.07 Å². The summed E-state index contributed by atoms with van der Waals surface area (Å²) in [5, 5.41) is 10.4. The van der Waals surface area contributed by atoms with E-state index in [2.05, 4.69) is 31.4 Å². The maximum Gasteiger partial charge on any atom is 0.337 e. The second-order valence-electron chi connectivity index (χ2n) is 6.27. The highest BCUT2D eigenvalue weighted by Gasteiger charge is 2.41. The number of nitrogens with one attached hydrogen (secondary N) is 2. The van der Waals surface area contributed by atoms with Gasteiger partial charge in [-0.3, -0.25) is 9.89 Å². The van der Waals surface area contributed by atoms with Crippen LogP contribution in [0.3, 0.4) is 0 Å². The van der Waals surface area contributed by atoms with Crippen LogP contribution in [-0.2, 0) is 14.3 Å². The number of esters is 2. The number of methoxy groups -OCH3 is 1. The number of hydrogen-bond donors (Lipinski definition) is 2. The molecule has 0 spiro atoms. The standard InChI is InChI=1S/C18H16BrN3O5/c1-7-13-14(15-11(6-26-18(15)24)20-17(13)22-21-7)9-4-10(19)16(27-8(2)23)12(5-9)25-3/h4-5,14H,6H2,1-3H3,(H2,20,21,22). The zero-order valence-electron chi connectivity index (χ0n) is 14.8. The SMILES string of the molecule is COc1cc(C2C3=C(COC3=O)Nc3n[nH]c(C)c32)cc(Br)c1OC(C)=O. The average Bonchev–Trinajstić information content (AvgIpc) is 3.18. The van der Waals surface area contributed by atoms with E-state index in [0.717, 1.165) is 16.8 Å². The molecule has 0 fully saturated rings. The maximum atomic E-state index is 12.4. The monoisotopic (exact) mass is 433 g/mol. The van der Waals surface area contributed by atoms with Crippen molar-refractivity contribution in [2.75, 3.05) is 19.0 Å². The van der Waals surface area contributed by atoms with Gasteiger partial charge in [-0.25, -0.2) is 4.79 Å². The molecule has 0 amide bonds. The van der Waals surface area contributed by atoms with Crippen LogP contribution < -0.4 is 14.8 Å². The minimum atomic E-state index is -0.457. The largest absolute Gasteiger partial charge is 0.493 e. The van der Waals surface area contributed by atoms with Crippen molar-refractivity contribution in [2.24, 2.45) is 0 Å². The van der Waals surface area contributed by atoms with Gasteiger partial charge in [0.1, 0.15) is 6.61 Å². The third kappa shape index (κ3) is 2.78. The molecule has 27 heavy (non-hydrogen) atoms. The molecule has 0 saturated carbocycles. The first kappa shape index (κ1) is 17.6. The zero-order valence-corrected chi connectivity index (χ0v) is 16.4. The molecule has 1 atom stereocenters. The van der Waals surface area contributed by atoms with Crippen LogP contribution in [0.1, 0.15) is 29.7 Å². The van der Waals surface area contributed by atoms with E-state index in [1.165, 1.54) is 14.0 Å². The normalized spacial score (nSPS) is 17.8. The van der Waals surface area contributed by atoms with Crippen molar-refractivity contribution in [2.45, 2.75) is 19.8 Å². The van der Waals surface area contributed by atoms with Crippen LogP contribution in [0.25, 0.3) is 0 Å². The molecule has 4 rings (SSSR count). The summed E-state index contributed by atoms with van der Waals surface area (Å²) in [6.45, 7) is 3.39. The zero-order chi connectivity index (χ0) is 19.3. The summed E-state index contributed by atoms with van der Waals surface area (Å²) in [5.74, 6) is 0.114. The lowest BCUT2D eigenvalue weighted by Crippen LogP contribution is -2.20. The predicted octanol–water partition coefficient (Wildman–Crippen LogP) is 2.78. The molecular formula is C18H16BrN3O5. The Kier molecular flexibility index (Phi) is 4.18. The Labute approximate surface area is 163 Å². The topological polar surface area (TPSA) is 103 Å². The number of rotatable bonds is 3. The first-order valence-electron chi connectivity index (χ1n) is 8.18. The van der Waals surface area contributed by atoms with Gasteiger partial charge in [0.2, 0.25) is 0 Å². The van der Waals surface area contributed by atoms with Crippen LogP contribution >= 0.6 is 15.9 Å². The van der Waals surface area contributed by atoms with Gasteiger partial charge in [-0.1, -0.05) is 0 Å². The number of anilines is 1. The quantitative estimate of drug-likeness (QED) is 0.566. The van der Waals surface area contributed by atoms with Crippen molar-refractivity contribution in [3.8, 4) is 11.5 Å². The van der Waals surface area contributed by atoms with Gasteiger partial charge in [-0.05, 0) is 40.5 Å². The van der Waals surface area contributed by atoms with Gasteiger partial charge < -0.3 is 19.5 Å². The summed E-state index contributed by atoms with van der Waals surface area (Å²) in [4.78, 5) is 23.8. The van der Waals surface area contributed by atoms with E-state index in [1.807, 2.05) is 13.0 Å². The molecule has 9 heteroatoms. The molecule has 1 aromatic heterocycles. The van der Waals surface area contributed by atoms with Crippen molar-refractivity contribution in [3.63, 3.8) is 0 Å². The number of benzene rings is 1. The molecule has 2 aliphatic heterocycles. The number of halogens is 1. The van der Waals surface area contributed by atoms with Crippen molar-refractivity contribution in [3.05, 3.63) is 44.7 Å². The van der Waals surface area contributed by atoms with Crippen molar-refractivity contribution >= 4 is 33.7 Å². The summed E-state index contributed by atoms with van der Waals surface area (Å²) in [7, 11) is 1.49. The highest BCUT2D eigenvalue weighted by Crippen LogP contribution is 2.48. The molecule has 2 N–H and O–H groups in total. The van der Waals surface area contributed by atoms with Crippen LogP contribution in [0.15, 0.2) is 27.9 Å². The lowest BCUT2D eigenvalue weighted by Gasteiger charge is -2.25. The number of aromatic nitrogens is 2. The van der Waals surface area contributed by atoms with E-state index in [9.17, 15) is 9.59 Å². The predicted molar refractivity (Wildman–Crippen MR) is 98.8 cm³/mol. The first-order valence-corrected chi connectivity index (χ1v) is 8.98. The minimum absolute atomic E-state index is 0.180. The van der Waals surface area contributed by atoms with Crippen LogP contribution in [0.2, 0.25) is 0 Å². The highest BCUT2D eigenvalue weighted by atomic mass is 79.9. The smallest absolute Gasteiger partial charge is 0.337 e. The number of aromatic amines is 1. The van der Waals surface area contributed by atoms with Gasteiger partial charge in [0, 0.05) is 24.1 Å². The van der Waals surface area contributed by atoms with Gasteiger partial charge in [-0.15, -0.1) is 0 Å². The second-order valence-corrected chi connectivity index (χ2v) is 7.12. The summed E-state index contributed by atoms with van der Waals surface area (Å²) in [5.41, 5.74) is 3.73. The number of ether oxygens (including phenoxy) is 3. The fourth-order valence-corrected chi connectivity index (χ4v) is 4.01. The number of nitrogens with zero attached hydrogens (tertiary/aromatic N) is 1. The van der Waals surface area contributed by atoms with Crippen LogP contribution in [0, 0.1) is 6.92 Å². The van der Waals surface area contributed by atoms with Crippen LogP contribution in [-0.4, -0.2) is 35.9 Å². The maximum absolute atomic E-state index is 12.4. The molecule has 0 saturated heterocycles.